The number of hydrogen-bond donors (Lipinski definition) is 1. The van der Waals surface area contributed by atoms with E-state index < -0.39 is 5.97 Å². The summed E-state index contributed by atoms with van der Waals surface area (Å²) in [7, 11) is 0. The van der Waals surface area contributed by atoms with E-state index in [1.807, 2.05) is 0 Å². The summed E-state index contributed by atoms with van der Waals surface area (Å²) in [4.78, 5) is 13.9. The first-order valence-electron chi connectivity index (χ1n) is 12.9. The number of carbonyl (C=O) groups is 1. The highest BCUT2D eigenvalue weighted by molar-refractivity contribution is 5.88. The van der Waals surface area contributed by atoms with Gasteiger partial charge in [0.2, 0.25) is 0 Å². The lowest BCUT2D eigenvalue weighted by Crippen LogP contribution is -2.38. The number of rotatable bonds is 5. The summed E-state index contributed by atoms with van der Waals surface area (Å²) in [6.45, 7) is 11.1. The molecule has 1 atom stereocenters. The molecule has 2 aromatic carbocycles. The molecule has 0 radical (unpaired) electrons. The van der Waals surface area contributed by atoms with Gasteiger partial charge in [-0.1, -0.05) is 69.7 Å². The predicted molar refractivity (Wildman–Crippen MR) is 138 cm³/mol. The zero-order valence-corrected chi connectivity index (χ0v) is 20.9. The Hall–Kier alpha value is -2.13. The van der Waals surface area contributed by atoms with E-state index in [-0.39, 0.29) is 5.92 Å². The number of carboxylic acids is 1. The fourth-order valence-corrected chi connectivity index (χ4v) is 6.08. The molecule has 1 aliphatic carbocycles. The molecule has 178 valence electrons. The summed E-state index contributed by atoms with van der Waals surface area (Å²) in [6.07, 6.45) is 10.0. The summed E-state index contributed by atoms with van der Waals surface area (Å²) < 4.78 is 0. The van der Waals surface area contributed by atoms with E-state index in [9.17, 15) is 9.90 Å². The van der Waals surface area contributed by atoms with Crippen molar-refractivity contribution in [1.29, 1.82) is 0 Å². The van der Waals surface area contributed by atoms with Gasteiger partial charge in [-0.15, -0.1) is 0 Å². The molecule has 0 aromatic heterocycles. The van der Waals surface area contributed by atoms with Crippen LogP contribution in [0.1, 0.15) is 89.8 Å². The number of carboxylic acid groups (broad SMARTS) is 1. The second-order valence-electron chi connectivity index (χ2n) is 11.3. The molecule has 0 bridgehead atoms. The summed E-state index contributed by atoms with van der Waals surface area (Å²) >= 11 is 0. The van der Waals surface area contributed by atoms with Crippen molar-refractivity contribution < 1.29 is 9.90 Å². The lowest BCUT2D eigenvalue weighted by molar-refractivity contribution is -0.143. The minimum atomic E-state index is -0.638. The summed E-state index contributed by atoms with van der Waals surface area (Å²) in [5, 5.41) is 12.0. The van der Waals surface area contributed by atoms with Crippen molar-refractivity contribution in [1.82, 2.24) is 4.90 Å². The van der Waals surface area contributed by atoms with Crippen LogP contribution in [0, 0.1) is 17.3 Å². The van der Waals surface area contributed by atoms with Gasteiger partial charge < -0.3 is 5.11 Å². The molecule has 2 aromatic rings. The van der Waals surface area contributed by atoms with E-state index in [0.29, 0.717) is 11.5 Å². The lowest BCUT2D eigenvalue weighted by atomic mass is 9.71. The molecular formula is C30H41NO2. The van der Waals surface area contributed by atoms with E-state index in [2.05, 4.69) is 75.1 Å². The number of nitrogens with zero attached hydrogens (tertiary/aromatic N) is 1. The third-order valence-corrected chi connectivity index (χ3v) is 8.23. The van der Waals surface area contributed by atoms with E-state index >= 15 is 0 Å². The van der Waals surface area contributed by atoms with Crippen LogP contribution in [0.25, 0.3) is 16.8 Å². The summed E-state index contributed by atoms with van der Waals surface area (Å²) in [6, 6.07) is 14.0. The highest BCUT2D eigenvalue weighted by Gasteiger charge is 2.29. The minimum absolute atomic E-state index is 0.180. The molecule has 2 aliphatic rings. The molecule has 1 saturated carbocycles. The Morgan fingerprint density at radius 2 is 1.79 bits per heavy atom. The van der Waals surface area contributed by atoms with Gasteiger partial charge in [0.05, 0.1) is 5.92 Å². The normalized spacial score (nSPS) is 21.8. The van der Waals surface area contributed by atoms with Gasteiger partial charge in [0.15, 0.2) is 0 Å². The molecule has 0 spiro atoms. The Balaban J connectivity index is 1.52. The zero-order chi connectivity index (χ0) is 23.6. The van der Waals surface area contributed by atoms with Crippen LogP contribution in [0.15, 0.2) is 42.0 Å². The summed E-state index contributed by atoms with van der Waals surface area (Å²) in [5.41, 5.74) is 4.72. The number of piperidine rings is 1. The van der Waals surface area contributed by atoms with Crippen molar-refractivity contribution in [3.8, 4) is 0 Å². The van der Waals surface area contributed by atoms with E-state index in [0.717, 1.165) is 38.3 Å². The van der Waals surface area contributed by atoms with Gasteiger partial charge in [0.25, 0.3) is 0 Å². The molecule has 1 N–H and O–H groups in total. The SMILES string of the molecule is CCC(c1cccc2cc(C=C3CCC(C(C)(C)C)CC3)ccc12)N1CCC(C(=O)O)CC1. The molecule has 3 nitrogen and oxygen atoms in total. The van der Waals surface area contributed by atoms with Crippen LogP contribution in [-0.2, 0) is 4.79 Å². The van der Waals surface area contributed by atoms with E-state index in [1.165, 1.54) is 47.6 Å². The fourth-order valence-electron chi connectivity index (χ4n) is 6.08. The van der Waals surface area contributed by atoms with Crippen LogP contribution in [0.3, 0.4) is 0 Å². The maximum Gasteiger partial charge on any atom is 0.306 e. The van der Waals surface area contributed by atoms with Crippen molar-refractivity contribution in [3.05, 3.63) is 53.1 Å². The maximum absolute atomic E-state index is 11.4. The van der Waals surface area contributed by atoms with Crippen molar-refractivity contribution in [2.75, 3.05) is 13.1 Å². The summed E-state index contributed by atoms with van der Waals surface area (Å²) in [5.74, 6) is 0.0158. The average Bonchev–Trinajstić information content (AvgIpc) is 2.79. The third kappa shape index (κ3) is 5.51. The van der Waals surface area contributed by atoms with Crippen LogP contribution in [0.4, 0.5) is 0 Å². The zero-order valence-electron chi connectivity index (χ0n) is 20.9. The molecule has 1 unspecified atom stereocenters. The molecule has 33 heavy (non-hydrogen) atoms. The maximum atomic E-state index is 11.4. The lowest BCUT2D eigenvalue weighted by Gasteiger charge is -2.37. The molecule has 0 amide bonds. The van der Waals surface area contributed by atoms with Crippen LogP contribution in [0.5, 0.6) is 0 Å². The molecule has 1 heterocycles. The van der Waals surface area contributed by atoms with Crippen LogP contribution < -0.4 is 0 Å². The molecule has 4 rings (SSSR count). The molecule has 1 aliphatic heterocycles. The number of fused-ring (bicyclic) bond motifs is 1. The Morgan fingerprint density at radius 3 is 2.39 bits per heavy atom. The van der Waals surface area contributed by atoms with Gasteiger partial charge in [0.1, 0.15) is 0 Å². The first kappa shape index (κ1) is 24.0. The first-order chi connectivity index (χ1) is 15.8. The van der Waals surface area contributed by atoms with Gasteiger partial charge >= 0.3 is 5.97 Å². The van der Waals surface area contributed by atoms with Gasteiger partial charge in [0, 0.05) is 6.04 Å². The Morgan fingerprint density at radius 1 is 1.09 bits per heavy atom. The molecule has 2 fully saturated rings. The number of allylic oxidation sites excluding steroid dienone is 1. The first-order valence-corrected chi connectivity index (χ1v) is 12.9. The molecule has 3 heteroatoms. The second kappa shape index (κ2) is 10.0. The van der Waals surface area contributed by atoms with Crippen LogP contribution in [-0.4, -0.2) is 29.1 Å². The standard InChI is InChI=1S/C30H41NO2/c1-5-28(31-17-15-23(16-18-31)29(32)33)27-8-6-7-24-20-22(11-14-26(24)27)19-21-9-12-25(13-10-21)30(2,3)4/h6-8,11,14,19-20,23,25,28H,5,9-10,12-13,15-18H2,1-4H3,(H,32,33). The van der Waals surface area contributed by atoms with Gasteiger partial charge in [-0.25, -0.2) is 0 Å². The van der Waals surface area contributed by atoms with Crippen molar-refractivity contribution in [2.45, 2.75) is 78.7 Å². The number of likely N-dealkylation sites (tertiary alicyclic amines) is 1. The van der Waals surface area contributed by atoms with Gasteiger partial charge in [-0.2, -0.15) is 0 Å². The van der Waals surface area contributed by atoms with Gasteiger partial charge in [-0.05, 0) is 97.3 Å². The van der Waals surface area contributed by atoms with Crippen LogP contribution >= 0.6 is 0 Å². The van der Waals surface area contributed by atoms with Crippen LogP contribution in [0.2, 0.25) is 0 Å². The molecule has 1 saturated heterocycles. The Bertz CT molecular complexity index is 998. The second-order valence-corrected chi connectivity index (χ2v) is 11.3. The predicted octanol–water partition coefficient (Wildman–Crippen LogP) is 7.71. The van der Waals surface area contributed by atoms with Crippen molar-refractivity contribution in [2.24, 2.45) is 17.3 Å². The van der Waals surface area contributed by atoms with Crippen molar-refractivity contribution in [3.63, 3.8) is 0 Å². The minimum Gasteiger partial charge on any atom is -0.481 e. The van der Waals surface area contributed by atoms with E-state index in [1.54, 1.807) is 5.57 Å². The fraction of sp³-hybridized carbons (Fsp3) is 0.567. The van der Waals surface area contributed by atoms with Crippen molar-refractivity contribution >= 4 is 22.8 Å². The smallest absolute Gasteiger partial charge is 0.306 e. The topological polar surface area (TPSA) is 40.5 Å². The van der Waals surface area contributed by atoms with Gasteiger partial charge in [-0.3, -0.25) is 9.69 Å². The van der Waals surface area contributed by atoms with E-state index in [4.69, 9.17) is 0 Å². The Kier molecular flexibility index (Phi) is 7.28. The quantitative estimate of drug-likeness (QED) is 0.510. The highest BCUT2D eigenvalue weighted by atomic mass is 16.4. The number of hydrogen-bond acceptors (Lipinski definition) is 2. The molecular weight excluding hydrogens is 406 g/mol. The third-order valence-electron chi connectivity index (χ3n) is 8.23. The number of aliphatic carboxylic acids is 1. The average molecular weight is 448 g/mol. The Labute approximate surface area is 199 Å². The highest BCUT2D eigenvalue weighted by Crippen LogP contribution is 2.40. The monoisotopic (exact) mass is 447 g/mol. The number of benzene rings is 2. The largest absolute Gasteiger partial charge is 0.481 e.